The van der Waals surface area contributed by atoms with E-state index < -0.39 is 15.8 Å². The van der Waals surface area contributed by atoms with Crippen LogP contribution in [0, 0.1) is 12.7 Å². The number of hydrogen-bond acceptors (Lipinski definition) is 9. The van der Waals surface area contributed by atoms with Crippen molar-refractivity contribution in [3.8, 4) is 28.6 Å². The van der Waals surface area contributed by atoms with E-state index in [1.165, 1.54) is 32.6 Å². The number of para-hydroxylation sites is 1. The summed E-state index contributed by atoms with van der Waals surface area (Å²) in [6, 6.07) is 6.99. The van der Waals surface area contributed by atoms with Gasteiger partial charge in [-0.2, -0.15) is 0 Å². The number of sulfonamides is 1. The van der Waals surface area contributed by atoms with E-state index in [0.717, 1.165) is 18.0 Å². The summed E-state index contributed by atoms with van der Waals surface area (Å²) in [5, 5.41) is 8.40. The van der Waals surface area contributed by atoms with Crippen molar-refractivity contribution in [2.24, 2.45) is 0 Å². The molecule has 0 amide bonds. The van der Waals surface area contributed by atoms with Crippen LogP contribution in [0.3, 0.4) is 0 Å². The molecule has 4 aromatic rings. The third-order valence-corrected chi connectivity index (χ3v) is 7.10. The van der Waals surface area contributed by atoms with Crippen molar-refractivity contribution in [2.45, 2.75) is 20.8 Å². The van der Waals surface area contributed by atoms with E-state index in [1.54, 1.807) is 30.6 Å². The molecular weight excluding hydrogens is 501 g/mol. The maximum absolute atomic E-state index is 13.4. The van der Waals surface area contributed by atoms with Crippen LogP contribution >= 0.6 is 0 Å². The fourth-order valence-corrected chi connectivity index (χ4v) is 4.56. The first-order valence-corrected chi connectivity index (χ1v) is 12.4. The van der Waals surface area contributed by atoms with Crippen molar-refractivity contribution in [1.82, 2.24) is 29.7 Å². The van der Waals surface area contributed by atoms with Crippen LogP contribution in [-0.4, -0.2) is 52.4 Å². The van der Waals surface area contributed by atoms with Gasteiger partial charge >= 0.3 is 0 Å². The van der Waals surface area contributed by atoms with Gasteiger partial charge in [-0.1, -0.05) is 6.07 Å². The summed E-state index contributed by atoms with van der Waals surface area (Å²) in [6.07, 6.45) is 5.21. The SMILES string of the molecule is COc1cccc(OC)c1-n1c(NS(=O)(=O)C(C)=C(C)c2ncc(F)cn2)nnc1-c1cncc(C)c1. The Morgan fingerprint density at radius 2 is 1.65 bits per heavy atom. The number of anilines is 1. The van der Waals surface area contributed by atoms with E-state index in [-0.39, 0.29) is 22.3 Å². The molecule has 0 atom stereocenters. The van der Waals surface area contributed by atoms with Crippen molar-refractivity contribution in [3.63, 3.8) is 0 Å². The highest BCUT2D eigenvalue weighted by Gasteiger charge is 2.27. The van der Waals surface area contributed by atoms with E-state index in [2.05, 4.69) is 29.9 Å². The van der Waals surface area contributed by atoms with Gasteiger partial charge in [0.15, 0.2) is 17.5 Å². The lowest BCUT2D eigenvalue weighted by molar-refractivity contribution is 0.391. The topological polar surface area (TPSA) is 134 Å². The molecule has 0 bridgehead atoms. The second-order valence-corrected chi connectivity index (χ2v) is 9.78. The van der Waals surface area contributed by atoms with Crippen molar-refractivity contribution in [1.29, 1.82) is 0 Å². The molecule has 0 aliphatic carbocycles. The number of ether oxygens (including phenoxy) is 2. The molecule has 4 rings (SSSR count). The minimum Gasteiger partial charge on any atom is -0.494 e. The summed E-state index contributed by atoms with van der Waals surface area (Å²) in [5.74, 6) is 0.411. The second-order valence-electron chi connectivity index (χ2n) is 7.96. The Kier molecular flexibility index (Phi) is 7.16. The van der Waals surface area contributed by atoms with Crippen molar-refractivity contribution >= 4 is 21.5 Å². The molecule has 192 valence electrons. The highest BCUT2D eigenvalue weighted by Crippen LogP contribution is 2.38. The summed E-state index contributed by atoms with van der Waals surface area (Å²) >= 11 is 0. The molecule has 3 heterocycles. The largest absolute Gasteiger partial charge is 0.494 e. The summed E-state index contributed by atoms with van der Waals surface area (Å²) in [4.78, 5) is 11.9. The second kappa shape index (κ2) is 10.3. The summed E-state index contributed by atoms with van der Waals surface area (Å²) in [5.41, 5.74) is 2.08. The Hall–Kier alpha value is -4.39. The average Bonchev–Trinajstić information content (AvgIpc) is 3.29. The smallest absolute Gasteiger partial charge is 0.260 e. The number of hydrogen-bond donors (Lipinski definition) is 1. The van der Waals surface area contributed by atoms with Crippen LogP contribution in [0.2, 0.25) is 0 Å². The van der Waals surface area contributed by atoms with E-state index >= 15 is 0 Å². The Bertz CT molecular complexity index is 1560. The number of benzene rings is 1. The van der Waals surface area contributed by atoms with Crippen LogP contribution in [0.15, 0.2) is 54.0 Å². The van der Waals surface area contributed by atoms with Crippen LogP contribution in [0.25, 0.3) is 22.6 Å². The summed E-state index contributed by atoms with van der Waals surface area (Å²) < 4.78 is 55.2. The molecule has 37 heavy (non-hydrogen) atoms. The van der Waals surface area contributed by atoms with Gasteiger partial charge in [-0.25, -0.2) is 27.5 Å². The van der Waals surface area contributed by atoms with Crippen molar-refractivity contribution < 1.29 is 22.3 Å². The first-order valence-electron chi connectivity index (χ1n) is 10.9. The third-order valence-electron chi connectivity index (χ3n) is 5.53. The molecule has 0 unspecified atom stereocenters. The minimum atomic E-state index is -4.18. The van der Waals surface area contributed by atoms with E-state index in [4.69, 9.17) is 9.47 Å². The average molecular weight is 526 g/mol. The molecular formula is C24H24FN7O4S. The van der Waals surface area contributed by atoms with Crippen molar-refractivity contribution in [2.75, 3.05) is 18.9 Å². The number of aromatic nitrogens is 6. The number of halogens is 1. The predicted octanol–water partition coefficient (Wildman–Crippen LogP) is 3.78. The number of nitrogens with zero attached hydrogens (tertiary/aromatic N) is 6. The van der Waals surface area contributed by atoms with Gasteiger partial charge in [0.2, 0.25) is 5.95 Å². The zero-order valence-corrected chi connectivity index (χ0v) is 21.5. The van der Waals surface area contributed by atoms with Crippen LogP contribution in [0.1, 0.15) is 25.2 Å². The molecule has 3 aromatic heterocycles. The van der Waals surface area contributed by atoms with Gasteiger partial charge in [0.1, 0.15) is 17.2 Å². The zero-order valence-electron chi connectivity index (χ0n) is 20.7. The lowest BCUT2D eigenvalue weighted by atomic mass is 10.2. The highest BCUT2D eigenvalue weighted by atomic mass is 32.2. The van der Waals surface area contributed by atoms with Crippen LogP contribution < -0.4 is 14.2 Å². The maximum Gasteiger partial charge on any atom is 0.260 e. The Labute approximate surface area is 213 Å². The minimum absolute atomic E-state index is 0.0728. The standard InChI is InChI=1S/C24H24FN7O4S/c1-14-9-17(11-26-10-14)23-29-30-24(32(23)21-19(35-4)7-6-8-20(21)36-5)31-37(33,34)16(3)15(2)22-27-12-18(25)13-28-22/h6-13H,1-5H3,(H,30,31). The quantitative estimate of drug-likeness (QED) is 0.365. The molecule has 0 saturated carbocycles. The van der Waals surface area contributed by atoms with Gasteiger partial charge in [0.25, 0.3) is 10.0 Å². The molecule has 1 N–H and O–H groups in total. The Balaban J connectivity index is 1.90. The summed E-state index contributed by atoms with van der Waals surface area (Å²) in [7, 11) is -1.21. The van der Waals surface area contributed by atoms with E-state index in [9.17, 15) is 12.8 Å². The number of rotatable bonds is 8. The highest BCUT2D eigenvalue weighted by molar-refractivity contribution is 7.96. The normalized spacial score (nSPS) is 12.2. The van der Waals surface area contributed by atoms with Crippen LogP contribution in [0.5, 0.6) is 11.5 Å². The molecule has 0 aliphatic heterocycles. The van der Waals surface area contributed by atoms with E-state index in [1.807, 2.05) is 13.0 Å². The zero-order chi connectivity index (χ0) is 26.7. The first kappa shape index (κ1) is 25.7. The third kappa shape index (κ3) is 5.11. The predicted molar refractivity (Wildman–Crippen MR) is 135 cm³/mol. The fourth-order valence-electron chi connectivity index (χ4n) is 3.54. The number of pyridine rings is 1. The number of nitrogens with one attached hydrogen (secondary N) is 1. The molecule has 11 nitrogen and oxygen atoms in total. The number of aryl methyl sites for hydroxylation is 1. The van der Waals surface area contributed by atoms with Gasteiger partial charge in [0, 0.05) is 23.5 Å². The number of allylic oxidation sites excluding steroid dienone is 2. The molecule has 1 aromatic carbocycles. The fraction of sp³-hybridized carbons (Fsp3) is 0.208. The molecule has 0 fully saturated rings. The molecule has 0 radical (unpaired) electrons. The van der Waals surface area contributed by atoms with Crippen LogP contribution in [-0.2, 0) is 10.0 Å². The van der Waals surface area contributed by atoms with Crippen LogP contribution in [0.4, 0.5) is 10.3 Å². The lowest BCUT2D eigenvalue weighted by Crippen LogP contribution is -2.18. The van der Waals surface area contributed by atoms with Crippen molar-refractivity contribution in [3.05, 3.63) is 71.2 Å². The first-order chi connectivity index (χ1) is 17.7. The molecule has 13 heteroatoms. The maximum atomic E-state index is 13.4. The number of methoxy groups -OCH3 is 2. The summed E-state index contributed by atoms with van der Waals surface area (Å²) in [6.45, 7) is 4.79. The van der Waals surface area contributed by atoms with E-state index in [0.29, 0.717) is 28.6 Å². The van der Waals surface area contributed by atoms with Gasteiger partial charge in [-0.3, -0.25) is 9.55 Å². The molecule has 0 saturated heterocycles. The lowest BCUT2D eigenvalue weighted by Gasteiger charge is -2.18. The molecule has 0 spiro atoms. The Morgan fingerprint density at radius 3 is 2.24 bits per heavy atom. The van der Waals surface area contributed by atoms with Gasteiger partial charge < -0.3 is 9.47 Å². The monoisotopic (exact) mass is 525 g/mol. The van der Waals surface area contributed by atoms with Gasteiger partial charge in [0.05, 0.1) is 31.5 Å². The molecule has 0 aliphatic rings. The van der Waals surface area contributed by atoms with Gasteiger partial charge in [-0.15, -0.1) is 10.2 Å². The van der Waals surface area contributed by atoms with Gasteiger partial charge in [-0.05, 0) is 44.5 Å². The Morgan fingerprint density at radius 1 is 1.00 bits per heavy atom.